The Bertz CT molecular complexity index is 820. The molecule has 1 aromatic carbocycles. The van der Waals surface area contributed by atoms with Crippen LogP contribution >= 0.6 is 11.8 Å². The first kappa shape index (κ1) is 17.2. The molecule has 0 aliphatic heterocycles. The molecule has 0 saturated carbocycles. The standard InChI is InChI=1S/C18H19N5OS/c1-2-11-23-17(14-7-6-10-19-12-14)21-22-18(23)25-13-16(24)20-15-8-4-3-5-9-15/h3-10,12H,2,11,13H2,1H3,(H,20,24). The summed E-state index contributed by atoms with van der Waals surface area (Å²) in [5.41, 5.74) is 1.71. The second kappa shape index (κ2) is 8.43. The van der Waals surface area contributed by atoms with Crippen LogP contribution in [0.1, 0.15) is 13.3 Å². The van der Waals surface area contributed by atoms with Gasteiger partial charge in [-0.15, -0.1) is 10.2 Å². The fraction of sp³-hybridized carbons (Fsp3) is 0.222. The van der Waals surface area contributed by atoms with Crippen molar-refractivity contribution in [3.63, 3.8) is 0 Å². The average molecular weight is 353 g/mol. The molecule has 0 atom stereocenters. The van der Waals surface area contributed by atoms with Gasteiger partial charge in [0, 0.05) is 30.2 Å². The highest BCUT2D eigenvalue weighted by molar-refractivity contribution is 7.99. The summed E-state index contributed by atoms with van der Waals surface area (Å²) in [6.45, 7) is 2.89. The lowest BCUT2D eigenvalue weighted by atomic mass is 10.2. The van der Waals surface area contributed by atoms with Gasteiger partial charge in [-0.2, -0.15) is 0 Å². The Morgan fingerprint density at radius 2 is 2.00 bits per heavy atom. The number of carbonyl (C=O) groups excluding carboxylic acids is 1. The monoisotopic (exact) mass is 353 g/mol. The van der Waals surface area contributed by atoms with Crippen molar-refractivity contribution in [2.45, 2.75) is 25.0 Å². The number of thioether (sulfide) groups is 1. The van der Waals surface area contributed by atoms with Gasteiger partial charge < -0.3 is 9.88 Å². The summed E-state index contributed by atoms with van der Waals surface area (Å²) in [7, 11) is 0. The second-order valence-electron chi connectivity index (χ2n) is 5.40. The Kier molecular flexibility index (Phi) is 5.79. The molecule has 0 fully saturated rings. The van der Waals surface area contributed by atoms with Gasteiger partial charge in [0.2, 0.25) is 5.91 Å². The third kappa shape index (κ3) is 4.45. The van der Waals surface area contributed by atoms with E-state index in [1.165, 1.54) is 11.8 Å². The van der Waals surface area contributed by atoms with Crippen molar-refractivity contribution in [3.05, 3.63) is 54.9 Å². The van der Waals surface area contributed by atoms with Gasteiger partial charge in [-0.25, -0.2) is 0 Å². The lowest BCUT2D eigenvalue weighted by Crippen LogP contribution is -2.14. The number of aromatic nitrogens is 4. The first-order valence-corrected chi connectivity index (χ1v) is 9.07. The summed E-state index contributed by atoms with van der Waals surface area (Å²) in [5, 5.41) is 12.2. The number of pyridine rings is 1. The zero-order chi connectivity index (χ0) is 17.5. The number of benzene rings is 1. The van der Waals surface area contributed by atoms with Gasteiger partial charge in [0.25, 0.3) is 0 Å². The highest BCUT2D eigenvalue weighted by atomic mass is 32.2. The summed E-state index contributed by atoms with van der Waals surface area (Å²) in [5.74, 6) is 0.996. The molecule has 0 aliphatic rings. The van der Waals surface area contributed by atoms with E-state index in [0.29, 0.717) is 0 Å². The fourth-order valence-corrected chi connectivity index (χ4v) is 3.14. The third-order valence-corrected chi connectivity index (χ3v) is 4.44. The van der Waals surface area contributed by atoms with Crippen LogP contribution in [0.15, 0.2) is 60.0 Å². The van der Waals surface area contributed by atoms with Crippen LogP contribution in [0.4, 0.5) is 5.69 Å². The second-order valence-corrected chi connectivity index (χ2v) is 6.34. The Hall–Kier alpha value is -2.67. The van der Waals surface area contributed by atoms with Gasteiger partial charge in [0.15, 0.2) is 11.0 Å². The van der Waals surface area contributed by atoms with E-state index >= 15 is 0 Å². The topological polar surface area (TPSA) is 72.7 Å². The van der Waals surface area contributed by atoms with E-state index in [4.69, 9.17) is 0 Å². The lowest BCUT2D eigenvalue weighted by Gasteiger charge is -2.09. The van der Waals surface area contributed by atoms with Crippen molar-refractivity contribution in [1.82, 2.24) is 19.7 Å². The number of nitrogens with one attached hydrogen (secondary N) is 1. The largest absolute Gasteiger partial charge is 0.325 e. The number of anilines is 1. The van der Waals surface area contributed by atoms with Gasteiger partial charge in [-0.05, 0) is 30.7 Å². The normalized spacial score (nSPS) is 10.6. The molecule has 0 bridgehead atoms. The van der Waals surface area contributed by atoms with Crippen molar-refractivity contribution in [1.29, 1.82) is 0 Å². The quantitative estimate of drug-likeness (QED) is 0.658. The van der Waals surface area contributed by atoms with Crippen LogP contribution in [0, 0.1) is 0 Å². The van der Waals surface area contributed by atoms with Crippen molar-refractivity contribution in [2.75, 3.05) is 11.1 Å². The summed E-state index contributed by atoms with van der Waals surface area (Å²) in [6, 6.07) is 13.3. The van der Waals surface area contributed by atoms with Crippen LogP contribution in [0.2, 0.25) is 0 Å². The molecule has 0 saturated heterocycles. The first-order valence-electron chi connectivity index (χ1n) is 8.09. The van der Waals surface area contributed by atoms with E-state index in [1.807, 2.05) is 47.0 Å². The minimum absolute atomic E-state index is 0.0647. The van der Waals surface area contributed by atoms with Crippen LogP contribution in [-0.2, 0) is 11.3 Å². The predicted octanol–water partition coefficient (Wildman–Crippen LogP) is 3.48. The van der Waals surface area contributed by atoms with Crippen LogP contribution in [-0.4, -0.2) is 31.4 Å². The highest BCUT2D eigenvalue weighted by Crippen LogP contribution is 2.24. The molecule has 7 heteroatoms. The lowest BCUT2D eigenvalue weighted by molar-refractivity contribution is -0.113. The molecular formula is C18H19N5OS. The molecule has 3 rings (SSSR count). The summed E-state index contributed by atoms with van der Waals surface area (Å²) in [6.07, 6.45) is 4.45. The molecule has 1 amide bonds. The third-order valence-electron chi connectivity index (χ3n) is 3.47. The molecule has 0 aliphatic carbocycles. The molecule has 0 spiro atoms. The average Bonchev–Trinajstić information content (AvgIpc) is 3.05. The molecule has 1 N–H and O–H groups in total. The van der Waals surface area contributed by atoms with Gasteiger partial charge in [-0.3, -0.25) is 9.78 Å². The molecular weight excluding hydrogens is 334 g/mol. The van der Waals surface area contributed by atoms with Crippen LogP contribution < -0.4 is 5.32 Å². The summed E-state index contributed by atoms with van der Waals surface area (Å²) >= 11 is 1.39. The Morgan fingerprint density at radius 3 is 2.72 bits per heavy atom. The minimum atomic E-state index is -0.0647. The molecule has 0 radical (unpaired) electrons. The zero-order valence-corrected chi connectivity index (χ0v) is 14.7. The van der Waals surface area contributed by atoms with Crippen LogP contribution in [0.25, 0.3) is 11.4 Å². The van der Waals surface area contributed by atoms with Crippen molar-refractivity contribution in [3.8, 4) is 11.4 Å². The number of rotatable bonds is 7. The van der Waals surface area contributed by atoms with Gasteiger partial charge >= 0.3 is 0 Å². The summed E-state index contributed by atoms with van der Waals surface area (Å²) < 4.78 is 2.04. The van der Waals surface area contributed by atoms with Gasteiger partial charge in [0.1, 0.15) is 0 Å². The van der Waals surface area contributed by atoms with Gasteiger partial charge in [-0.1, -0.05) is 36.9 Å². The Labute approximate surface area is 150 Å². The maximum Gasteiger partial charge on any atom is 0.234 e. The predicted molar refractivity (Wildman–Crippen MR) is 99.3 cm³/mol. The number of hydrogen-bond acceptors (Lipinski definition) is 5. The fourth-order valence-electron chi connectivity index (χ4n) is 2.38. The zero-order valence-electron chi connectivity index (χ0n) is 13.9. The molecule has 6 nitrogen and oxygen atoms in total. The number of para-hydroxylation sites is 1. The van der Waals surface area contributed by atoms with Crippen molar-refractivity contribution in [2.24, 2.45) is 0 Å². The number of carbonyl (C=O) groups is 1. The van der Waals surface area contributed by atoms with E-state index in [1.54, 1.807) is 12.4 Å². The highest BCUT2D eigenvalue weighted by Gasteiger charge is 2.15. The maximum absolute atomic E-state index is 12.1. The molecule has 2 heterocycles. The van der Waals surface area contributed by atoms with Crippen molar-refractivity contribution >= 4 is 23.4 Å². The Balaban J connectivity index is 1.70. The van der Waals surface area contributed by atoms with Gasteiger partial charge in [0.05, 0.1) is 5.75 Å². The number of nitrogens with zero attached hydrogens (tertiary/aromatic N) is 4. The molecule has 2 aromatic heterocycles. The number of hydrogen-bond donors (Lipinski definition) is 1. The van der Waals surface area contributed by atoms with Crippen molar-refractivity contribution < 1.29 is 4.79 Å². The first-order chi connectivity index (χ1) is 12.3. The van der Waals surface area contributed by atoms with Crippen LogP contribution in [0.3, 0.4) is 0 Å². The maximum atomic E-state index is 12.1. The number of amides is 1. The summed E-state index contributed by atoms with van der Waals surface area (Å²) in [4.78, 5) is 16.3. The van der Waals surface area contributed by atoms with E-state index in [9.17, 15) is 4.79 Å². The molecule has 128 valence electrons. The molecule has 0 unspecified atom stereocenters. The smallest absolute Gasteiger partial charge is 0.234 e. The molecule has 3 aromatic rings. The van der Waals surface area contributed by atoms with E-state index < -0.39 is 0 Å². The van der Waals surface area contributed by atoms with E-state index in [-0.39, 0.29) is 11.7 Å². The van der Waals surface area contributed by atoms with E-state index in [2.05, 4.69) is 27.4 Å². The van der Waals surface area contributed by atoms with Crippen LogP contribution in [0.5, 0.6) is 0 Å². The molecule has 25 heavy (non-hydrogen) atoms. The minimum Gasteiger partial charge on any atom is -0.325 e. The SMILES string of the molecule is CCCn1c(SCC(=O)Nc2ccccc2)nnc1-c1cccnc1. The Morgan fingerprint density at radius 1 is 1.16 bits per heavy atom. The van der Waals surface area contributed by atoms with E-state index in [0.717, 1.165) is 35.2 Å².